The molecule has 0 saturated heterocycles. The van der Waals surface area contributed by atoms with E-state index in [2.05, 4.69) is 4.99 Å². The van der Waals surface area contributed by atoms with Gasteiger partial charge in [0, 0.05) is 0 Å². The summed E-state index contributed by atoms with van der Waals surface area (Å²) in [6, 6.07) is 1.99. The van der Waals surface area contributed by atoms with Crippen molar-refractivity contribution in [3.8, 4) is 6.07 Å². The molecule has 0 rings (SSSR count). The third-order valence-corrected chi connectivity index (χ3v) is 1.31. The molecule has 0 aromatic rings. The Hall–Kier alpha value is -1.63. The summed E-state index contributed by atoms with van der Waals surface area (Å²) < 4.78 is 0. The quantitative estimate of drug-likeness (QED) is 0.365. The van der Waals surface area contributed by atoms with E-state index in [1.807, 2.05) is 13.0 Å². The van der Waals surface area contributed by atoms with Gasteiger partial charge >= 0.3 is 0 Å². The second-order valence-corrected chi connectivity index (χ2v) is 2.11. The maximum absolute atomic E-state index is 8.63. The van der Waals surface area contributed by atoms with Gasteiger partial charge in [0.05, 0.1) is 11.3 Å². The van der Waals surface area contributed by atoms with Crippen molar-refractivity contribution in [2.45, 2.75) is 20.3 Å². The van der Waals surface area contributed by atoms with Crippen molar-refractivity contribution in [1.82, 2.24) is 0 Å². The van der Waals surface area contributed by atoms with E-state index in [-0.39, 0.29) is 5.96 Å². The van der Waals surface area contributed by atoms with Crippen molar-refractivity contribution in [2.75, 3.05) is 0 Å². The molecule has 0 bridgehead atoms. The molecule has 0 unspecified atom stereocenters. The molecule has 0 radical (unpaired) electrons. The minimum absolute atomic E-state index is 0.263. The number of hydrogen-bond acceptors (Lipinski definition) is 2. The molecule has 0 spiro atoms. The highest BCUT2D eigenvalue weighted by Gasteiger charge is 2.02. The van der Waals surface area contributed by atoms with Gasteiger partial charge in [-0.25, -0.2) is 4.99 Å². The Labute approximate surface area is 71.9 Å². The Morgan fingerprint density at radius 1 is 1.75 bits per heavy atom. The molecule has 0 atom stereocenters. The Morgan fingerprint density at radius 2 is 2.33 bits per heavy atom. The van der Waals surface area contributed by atoms with Crippen molar-refractivity contribution in [3.05, 3.63) is 11.6 Å². The van der Waals surface area contributed by atoms with Crippen LogP contribution in [0.5, 0.6) is 0 Å². The Balaban J connectivity index is 4.81. The number of nitrogens with zero attached hydrogens (tertiary/aromatic N) is 2. The fourth-order valence-corrected chi connectivity index (χ4v) is 0.771. The van der Waals surface area contributed by atoms with Crippen LogP contribution in [0, 0.1) is 16.7 Å². The van der Waals surface area contributed by atoms with Crippen LogP contribution in [0.15, 0.2) is 16.6 Å². The number of allylic oxidation sites excluding steroid dienone is 2. The van der Waals surface area contributed by atoms with Gasteiger partial charge in [-0.3, -0.25) is 5.41 Å². The van der Waals surface area contributed by atoms with Crippen molar-refractivity contribution >= 4 is 11.7 Å². The van der Waals surface area contributed by atoms with E-state index in [1.54, 1.807) is 13.0 Å². The highest BCUT2D eigenvalue weighted by molar-refractivity contribution is 6.08. The highest BCUT2D eigenvalue weighted by Crippen LogP contribution is 2.00. The molecule has 4 nitrogen and oxygen atoms in total. The van der Waals surface area contributed by atoms with Gasteiger partial charge in [0.1, 0.15) is 6.07 Å². The van der Waals surface area contributed by atoms with Gasteiger partial charge in [-0.2, -0.15) is 5.26 Å². The summed E-state index contributed by atoms with van der Waals surface area (Å²) in [7, 11) is 0. The first-order valence-corrected chi connectivity index (χ1v) is 3.64. The number of aliphatic imine (C=N–C) groups is 1. The van der Waals surface area contributed by atoms with E-state index in [1.165, 1.54) is 0 Å². The maximum atomic E-state index is 8.63. The van der Waals surface area contributed by atoms with Gasteiger partial charge in [-0.1, -0.05) is 13.0 Å². The zero-order chi connectivity index (χ0) is 9.56. The molecular weight excluding hydrogens is 152 g/mol. The molecule has 4 heteroatoms. The Morgan fingerprint density at radius 3 is 2.58 bits per heavy atom. The highest BCUT2D eigenvalue weighted by atomic mass is 15.0. The van der Waals surface area contributed by atoms with Crippen LogP contribution in [0.3, 0.4) is 0 Å². The van der Waals surface area contributed by atoms with E-state index in [9.17, 15) is 0 Å². The van der Waals surface area contributed by atoms with Crippen LogP contribution in [-0.2, 0) is 0 Å². The van der Waals surface area contributed by atoms with Crippen LogP contribution in [0.1, 0.15) is 20.3 Å². The second-order valence-electron chi connectivity index (χ2n) is 2.11. The molecule has 0 amide bonds. The summed E-state index contributed by atoms with van der Waals surface area (Å²) in [6.07, 6.45) is 2.26. The Kier molecular flexibility index (Phi) is 4.39. The molecule has 0 saturated carbocycles. The number of nitrogens with one attached hydrogen (secondary N) is 1. The number of nitrogens with two attached hydrogens (primary N) is 1. The number of rotatable bonds is 2. The number of guanidine groups is 1. The minimum Gasteiger partial charge on any atom is -0.368 e. The zero-order valence-corrected chi connectivity index (χ0v) is 7.26. The van der Waals surface area contributed by atoms with Gasteiger partial charge in [0.25, 0.3) is 0 Å². The molecule has 0 fully saturated rings. The first-order valence-electron chi connectivity index (χ1n) is 3.64. The van der Waals surface area contributed by atoms with Crippen LogP contribution in [0.4, 0.5) is 0 Å². The summed E-state index contributed by atoms with van der Waals surface area (Å²) in [6.45, 7) is 3.62. The van der Waals surface area contributed by atoms with Gasteiger partial charge < -0.3 is 5.73 Å². The van der Waals surface area contributed by atoms with Gasteiger partial charge in [-0.15, -0.1) is 0 Å². The lowest BCUT2D eigenvalue weighted by Gasteiger charge is -1.98. The maximum Gasteiger partial charge on any atom is 0.212 e. The monoisotopic (exact) mass is 164 g/mol. The summed E-state index contributed by atoms with van der Waals surface area (Å²) >= 11 is 0. The van der Waals surface area contributed by atoms with Crippen LogP contribution in [0.2, 0.25) is 0 Å². The van der Waals surface area contributed by atoms with Gasteiger partial charge in [-0.05, 0) is 13.3 Å². The van der Waals surface area contributed by atoms with E-state index in [0.29, 0.717) is 17.7 Å². The first-order chi connectivity index (χ1) is 5.65. The van der Waals surface area contributed by atoms with E-state index < -0.39 is 0 Å². The molecular formula is C8H12N4. The third kappa shape index (κ3) is 2.97. The lowest BCUT2D eigenvalue weighted by molar-refractivity contribution is 1.25. The van der Waals surface area contributed by atoms with Crippen molar-refractivity contribution in [3.63, 3.8) is 0 Å². The standard InChI is InChI=1S/C8H12N4/c1-3-6(5-9)7(4-2)12-8(10)11/h3H,4H2,1-2H3,(H3,10,11)/b6-3-,12-7?. The summed E-state index contributed by atoms with van der Waals surface area (Å²) in [4.78, 5) is 3.72. The molecule has 0 heterocycles. The minimum atomic E-state index is -0.263. The molecule has 0 aliphatic heterocycles. The number of hydrogen-bond donors (Lipinski definition) is 2. The number of nitriles is 1. The molecule has 3 N–H and O–H groups in total. The van der Waals surface area contributed by atoms with E-state index >= 15 is 0 Å². The smallest absolute Gasteiger partial charge is 0.212 e. The molecule has 64 valence electrons. The second kappa shape index (κ2) is 5.08. The molecule has 0 aromatic heterocycles. The predicted molar refractivity (Wildman–Crippen MR) is 49.0 cm³/mol. The summed E-state index contributed by atoms with van der Waals surface area (Å²) in [5, 5.41) is 15.6. The average molecular weight is 164 g/mol. The fraction of sp³-hybridized carbons (Fsp3) is 0.375. The zero-order valence-electron chi connectivity index (χ0n) is 7.26. The van der Waals surface area contributed by atoms with Crippen molar-refractivity contribution in [1.29, 1.82) is 10.7 Å². The van der Waals surface area contributed by atoms with Crippen molar-refractivity contribution in [2.24, 2.45) is 10.7 Å². The van der Waals surface area contributed by atoms with Crippen LogP contribution in [0.25, 0.3) is 0 Å². The third-order valence-electron chi connectivity index (χ3n) is 1.31. The first kappa shape index (κ1) is 10.4. The van der Waals surface area contributed by atoms with E-state index in [4.69, 9.17) is 16.4 Å². The SMILES string of the molecule is C/C=C(/C#N)C(CC)=NC(=N)N. The fourth-order valence-electron chi connectivity index (χ4n) is 0.771. The summed E-state index contributed by atoms with van der Waals surface area (Å²) in [5.74, 6) is -0.263. The van der Waals surface area contributed by atoms with Crippen LogP contribution >= 0.6 is 0 Å². The van der Waals surface area contributed by atoms with Gasteiger partial charge in [0.2, 0.25) is 5.96 Å². The Bertz CT molecular complexity index is 267. The largest absolute Gasteiger partial charge is 0.368 e. The van der Waals surface area contributed by atoms with Gasteiger partial charge in [0.15, 0.2) is 0 Å². The summed E-state index contributed by atoms with van der Waals surface area (Å²) in [5.41, 5.74) is 6.12. The lowest BCUT2D eigenvalue weighted by atomic mass is 10.1. The predicted octanol–water partition coefficient (Wildman–Crippen LogP) is 1.20. The molecule has 12 heavy (non-hydrogen) atoms. The normalized spacial score (nSPS) is 12.4. The average Bonchev–Trinajstić information content (AvgIpc) is 2.04. The van der Waals surface area contributed by atoms with E-state index in [0.717, 1.165) is 0 Å². The molecule has 0 aromatic carbocycles. The van der Waals surface area contributed by atoms with Crippen LogP contribution in [-0.4, -0.2) is 11.7 Å². The molecule has 0 aliphatic carbocycles. The topological polar surface area (TPSA) is 86.0 Å². The molecule has 0 aliphatic rings. The lowest BCUT2D eigenvalue weighted by Crippen LogP contribution is -2.11. The van der Waals surface area contributed by atoms with Crippen molar-refractivity contribution < 1.29 is 0 Å². The van der Waals surface area contributed by atoms with Crippen LogP contribution < -0.4 is 5.73 Å².